The molecule has 3 aromatic rings. The Labute approximate surface area is 167 Å². The molecule has 148 valence electrons. The van der Waals surface area contributed by atoms with Crippen LogP contribution in [-0.4, -0.2) is 40.0 Å². The molecule has 2 amide bonds. The van der Waals surface area contributed by atoms with Crippen molar-refractivity contribution in [1.82, 2.24) is 20.4 Å². The molecule has 4 rings (SSSR count). The van der Waals surface area contributed by atoms with E-state index in [0.29, 0.717) is 24.7 Å². The second kappa shape index (κ2) is 8.64. The Morgan fingerprint density at radius 2 is 1.97 bits per heavy atom. The molecular formula is C21H21N5O3. The third-order valence-electron chi connectivity index (χ3n) is 4.82. The molecular weight excluding hydrogens is 370 g/mol. The molecule has 0 aliphatic carbocycles. The molecule has 1 aliphatic rings. The van der Waals surface area contributed by atoms with E-state index in [1.807, 2.05) is 24.3 Å². The number of para-hydroxylation sites is 1. The number of hydrogen-bond acceptors (Lipinski definition) is 6. The van der Waals surface area contributed by atoms with Gasteiger partial charge in [0.15, 0.2) is 0 Å². The summed E-state index contributed by atoms with van der Waals surface area (Å²) in [6, 6.07) is 11.5. The topological polar surface area (TPSA) is 101 Å². The number of amides is 2. The molecule has 1 aliphatic heterocycles. The number of nitrogens with one attached hydrogen (secondary N) is 1. The summed E-state index contributed by atoms with van der Waals surface area (Å²) in [5.41, 5.74) is 2.90. The minimum absolute atomic E-state index is 0.0285. The van der Waals surface area contributed by atoms with Crippen molar-refractivity contribution in [2.24, 2.45) is 0 Å². The summed E-state index contributed by atoms with van der Waals surface area (Å²) in [6.07, 6.45) is 5.67. The average Bonchev–Trinajstić information content (AvgIpc) is 3.25. The minimum atomic E-state index is -0.229. The van der Waals surface area contributed by atoms with Gasteiger partial charge in [-0.05, 0) is 36.6 Å². The lowest BCUT2D eigenvalue weighted by atomic mass is 10.0. The standard InChI is InChI=1S/C21H21N5O3/c27-18(7-8-19-24-21(25-29-19)16-9-11-22-12-10-16)23-14-20(28)26-13-3-5-15-4-1-2-6-17(15)26/h1-2,4,6,9-12H,3,5,7-8,13-14H2,(H,23,27). The highest BCUT2D eigenvalue weighted by Gasteiger charge is 2.22. The van der Waals surface area contributed by atoms with Gasteiger partial charge in [-0.2, -0.15) is 4.98 Å². The van der Waals surface area contributed by atoms with Crippen LogP contribution in [0, 0.1) is 0 Å². The van der Waals surface area contributed by atoms with E-state index in [9.17, 15) is 9.59 Å². The molecule has 8 nitrogen and oxygen atoms in total. The smallest absolute Gasteiger partial charge is 0.246 e. The van der Waals surface area contributed by atoms with E-state index in [1.54, 1.807) is 29.4 Å². The van der Waals surface area contributed by atoms with E-state index >= 15 is 0 Å². The highest BCUT2D eigenvalue weighted by molar-refractivity contribution is 5.97. The summed E-state index contributed by atoms with van der Waals surface area (Å²) in [6.45, 7) is 0.644. The van der Waals surface area contributed by atoms with E-state index in [0.717, 1.165) is 24.1 Å². The molecule has 1 aromatic carbocycles. The number of anilines is 1. The maximum Gasteiger partial charge on any atom is 0.246 e. The van der Waals surface area contributed by atoms with E-state index in [1.165, 1.54) is 5.56 Å². The largest absolute Gasteiger partial charge is 0.347 e. The SMILES string of the molecule is O=C(CCc1nc(-c2ccncc2)no1)NCC(=O)N1CCCc2ccccc21. The molecule has 0 spiro atoms. The molecule has 29 heavy (non-hydrogen) atoms. The molecule has 0 saturated carbocycles. The minimum Gasteiger partial charge on any atom is -0.347 e. The molecule has 0 fully saturated rings. The maximum atomic E-state index is 12.6. The van der Waals surface area contributed by atoms with Crippen molar-refractivity contribution in [3.8, 4) is 11.4 Å². The Hall–Kier alpha value is -3.55. The first-order valence-corrected chi connectivity index (χ1v) is 9.58. The number of benzene rings is 1. The van der Waals surface area contributed by atoms with Gasteiger partial charge in [0.1, 0.15) is 0 Å². The molecule has 0 radical (unpaired) electrons. The summed E-state index contributed by atoms with van der Waals surface area (Å²) in [7, 11) is 0. The molecule has 2 aromatic heterocycles. The zero-order valence-corrected chi connectivity index (χ0v) is 15.9. The van der Waals surface area contributed by atoms with Gasteiger partial charge < -0.3 is 14.7 Å². The lowest BCUT2D eigenvalue weighted by Gasteiger charge is -2.29. The van der Waals surface area contributed by atoms with Crippen LogP contribution >= 0.6 is 0 Å². The van der Waals surface area contributed by atoms with Gasteiger partial charge in [-0.15, -0.1) is 0 Å². The quantitative estimate of drug-likeness (QED) is 0.691. The first-order valence-electron chi connectivity index (χ1n) is 9.58. The van der Waals surface area contributed by atoms with Crippen LogP contribution in [-0.2, 0) is 22.4 Å². The van der Waals surface area contributed by atoms with Gasteiger partial charge in [-0.3, -0.25) is 14.6 Å². The zero-order chi connectivity index (χ0) is 20.1. The number of aromatic nitrogens is 3. The van der Waals surface area contributed by atoms with Gasteiger partial charge in [0.2, 0.25) is 23.5 Å². The number of carbonyl (C=O) groups is 2. The number of rotatable bonds is 6. The van der Waals surface area contributed by atoms with E-state index < -0.39 is 0 Å². The fourth-order valence-electron chi connectivity index (χ4n) is 3.35. The normalized spacial score (nSPS) is 13.0. The van der Waals surface area contributed by atoms with Gasteiger partial charge in [0.05, 0.1) is 6.54 Å². The van der Waals surface area contributed by atoms with Crippen LogP contribution in [0.5, 0.6) is 0 Å². The van der Waals surface area contributed by atoms with Crippen LogP contribution in [0.2, 0.25) is 0 Å². The van der Waals surface area contributed by atoms with Crippen molar-refractivity contribution in [3.63, 3.8) is 0 Å². The van der Waals surface area contributed by atoms with Crippen LogP contribution in [0.25, 0.3) is 11.4 Å². The van der Waals surface area contributed by atoms with Crippen LogP contribution in [0.1, 0.15) is 24.3 Å². The van der Waals surface area contributed by atoms with E-state index in [2.05, 4.69) is 20.4 Å². The van der Waals surface area contributed by atoms with Crippen molar-refractivity contribution in [2.75, 3.05) is 18.0 Å². The highest BCUT2D eigenvalue weighted by atomic mass is 16.5. The average molecular weight is 391 g/mol. The third kappa shape index (κ3) is 4.48. The number of carbonyl (C=O) groups excluding carboxylic acids is 2. The Balaban J connectivity index is 1.27. The predicted molar refractivity (Wildman–Crippen MR) is 106 cm³/mol. The van der Waals surface area contributed by atoms with Crippen LogP contribution in [0.3, 0.4) is 0 Å². The lowest BCUT2D eigenvalue weighted by molar-refractivity contribution is -0.125. The summed E-state index contributed by atoms with van der Waals surface area (Å²) < 4.78 is 5.19. The van der Waals surface area contributed by atoms with Gasteiger partial charge in [0, 0.05) is 43.0 Å². The Morgan fingerprint density at radius 3 is 2.83 bits per heavy atom. The first-order chi connectivity index (χ1) is 14.2. The van der Waals surface area contributed by atoms with Crippen molar-refractivity contribution in [1.29, 1.82) is 0 Å². The summed E-state index contributed by atoms with van der Waals surface area (Å²) in [5, 5.41) is 6.61. The Bertz CT molecular complexity index is 1000. The number of hydrogen-bond donors (Lipinski definition) is 1. The fraction of sp³-hybridized carbons (Fsp3) is 0.286. The van der Waals surface area contributed by atoms with Crippen LogP contribution < -0.4 is 10.2 Å². The molecule has 8 heteroatoms. The Kier molecular flexibility index (Phi) is 5.60. The molecule has 0 saturated heterocycles. The second-order valence-corrected chi connectivity index (χ2v) is 6.80. The number of fused-ring (bicyclic) bond motifs is 1. The van der Waals surface area contributed by atoms with E-state index in [-0.39, 0.29) is 24.8 Å². The molecule has 0 atom stereocenters. The lowest BCUT2D eigenvalue weighted by Crippen LogP contribution is -2.42. The van der Waals surface area contributed by atoms with Crippen LogP contribution in [0.4, 0.5) is 5.69 Å². The predicted octanol–water partition coefficient (Wildman–Crippen LogP) is 2.16. The number of aryl methyl sites for hydroxylation is 2. The summed E-state index contributed by atoms with van der Waals surface area (Å²) in [5.74, 6) is 0.501. The maximum absolute atomic E-state index is 12.6. The van der Waals surface area contributed by atoms with Gasteiger partial charge >= 0.3 is 0 Å². The molecule has 3 heterocycles. The monoisotopic (exact) mass is 391 g/mol. The van der Waals surface area contributed by atoms with Gasteiger partial charge in [-0.25, -0.2) is 0 Å². The van der Waals surface area contributed by atoms with Gasteiger partial charge in [0.25, 0.3) is 0 Å². The van der Waals surface area contributed by atoms with Crippen molar-refractivity contribution >= 4 is 17.5 Å². The van der Waals surface area contributed by atoms with E-state index in [4.69, 9.17) is 4.52 Å². The van der Waals surface area contributed by atoms with Gasteiger partial charge in [-0.1, -0.05) is 23.4 Å². The van der Waals surface area contributed by atoms with Crippen LogP contribution in [0.15, 0.2) is 53.3 Å². The van der Waals surface area contributed by atoms with Crippen molar-refractivity contribution in [3.05, 3.63) is 60.2 Å². The molecule has 1 N–H and O–H groups in total. The number of nitrogens with zero attached hydrogens (tertiary/aromatic N) is 4. The molecule has 0 bridgehead atoms. The number of pyridine rings is 1. The third-order valence-corrected chi connectivity index (χ3v) is 4.82. The second-order valence-electron chi connectivity index (χ2n) is 6.80. The van der Waals surface area contributed by atoms with Crippen molar-refractivity contribution < 1.29 is 14.1 Å². The Morgan fingerprint density at radius 1 is 1.14 bits per heavy atom. The van der Waals surface area contributed by atoms with Crippen molar-refractivity contribution in [2.45, 2.75) is 25.7 Å². The summed E-state index contributed by atoms with van der Waals surface area (Å²) >= 11 is 0. The fourth-order valence-corrected chi connectivity index (χ4v) is 3.35. The first kappa shape index (κ1) is 18.8. The highest BCUT2D eigenvalue weighted by Crippen LogP contribution is 2.26. The molecule has 0 unspecified atom stereocenters. The summed E-state index contributed by atoms with van der Waals surface area (Å²) in [4.78, 5) is 34.7. The zero-order valence-electron chi connectivity index (χ0n) is 15.9.